The number of para-hydroxylation sites is 2. The standard InChI is InChI=1S/C24H22ClNO5/c1-15-11-18(16(2)26(15)12-17-7-3-4-8-19(17)25)20(27)13-30-24(28)23-14-29-21-9-5-6-10-22(21)31-23/h3-11,23H,12-14H2,1-2H3. The van der Waals surface area contributed by atoms with E-state index in [1.807, 2.05) is 48.7 Å². The van der Waals surface area contributed by atoms with Crippen molar-refractivity contribution in [2.24, 2.45) is 0 Å². The number of ether oxygens (including phenoxy) is 3. The number of esters is 1. The Labute approximate surface area is 185 Å². The highest BCUT2D eigenvalue weighted by molar-refractivity contribution is 6.31. The van der Waals surface area contributed by atoms with E-state index in [2.05, 4.69) is 0 Å². The van der Waals surface area contributed by atoms with Gasteiger partial charge >= 0.3 is 5.97 Å². The second-order valence-corrected chi connectivity index (χ2v) is 7.76. The van der Waals surface area contributed by atoms with Gasteiger partial charge in [0.2, 0.25) is 11.9 Å². The second kappa shape index (κ2) is 8.86. The van der Waals surface area contributed by atoms with Gasteiger partial charge < -0.3 is 18.8 Å². The number of hydrogen-bond donors (Lipinski definition) is 0. The maximum Gasteiger partial charge on any atom is 0.351 e. The van der Waals surface area contributed by atoms with Gasteiger partial charge in [0, 0.05) is 28.5 Å². The van der Waals surface area contributed by atoms with Crippen LogP contribution in [-0.2, 0) is 16.1 Å². The largest absolute Gasteiger partial charge is 0.485 e. The summed E-state index contributed by atoms with van der Waals surface area (Å²) in [6.07, 6.45) is -0.907. The summed E-state index contributed by atoms with van der Waals surface area (Å²) in [5.41, 5.74) is 3.20. The Hall–Kier alpha value is -3.25. The summed E-state index contributed by atoms with van der Waals surface area (Å²) in [4.78, 5) is 25.1. The molecule has 4 rings (SSSR count). The summed E-state index contributed by atoms with van der Waals surface area (Å²) >= 11 is 6.28. The molecule has 31 heavy (non-hydrogen) atoms. The first-order valence-electron chi connectivity index (χ1n) is 9.92. The normalized spacial score (nSPS) is 14.9. The minimum atomic E-state index is -0.907. The molecular formula is C24H22ClNO5. The predicted molar refractivity (Wildman–Crippen MR) is 116 cm³/mol. The van der Waals surface area contributed by atoms with E-state index in [-0.39, 0.29) is 19.0 Å². The van der Waals surface area contributed by atoms with Crippen LogP contribution in [0.25, 0.3) is 0 Å². The molecule has 0 saturated heterocycles. The summed E-state index contributed by atoms with van der Waals surface area (Å²) in [5, 5.41) is 0.674. The number of carbonyl (C=O) groups is 2. The highest BCUT2D eigenvalue weighted by Gasteiger charge is 2.29. The highest BCUT2D eigenvalue weighted by Crippen LogP contribution is 2.31. The van der Waals surface area contributed by atoms with E-state index in [1.165, 1.54) is 0 Å². The molecule has 1 atom stereocenters. The van der Waals surface area contributed by atoms with Crippen molar-refractivity contribution < 1.29 is 23.8 Å². The van der Waals surface area contributed by atoms with Crippen molar-refractivity contribution in [3.8, 4) is 11.5 Å². The maximum absolute atomic E-state index is 12.7. The second-order valence-electron chi connectivity index (χ2n) is 7.36. The van der Waals surface area contributed by atoms with Crippen LogP contribution in [0.1, 0.15) is 27.3 Å². The predicted octanol–water partition coefficient (Wildman–Crippen LogP) is 4.37. The Kier molecular flexibility index (Phi) is 6.00. The van der Waals surface area contributed by atoms with Crippen molar-refractivity contribution in [2.75, 3.05) is 13.2 Å². The van der Waals surface area contributed by atoms with Crippen LogP contribution in [0.2, 0.25) is 5.02 Å². The molecule has 0 N–H and O–H groups in total. The van der Waals surface area contributed by atoms with Crippen LogP contribution < -0.4 is 9.47 Å². The molecule has 1 aliphatic heterocycles. The Morgan fingerprint density at radius 3 is 2.58 bits per heavy atom. The lowest BCUT2D eigenvalue weighted by molar-refractivity contribution is -0.153. The minimum Gasteiger partial charge on any atom is -0.485 e. The molecule has 0 aliphatic carbocycles. The van der Waals surface area contributed by atoms with Crippen molar-refractivity contribution in [3.63, 3.8) is 0 Å². The van der Waals surface area contributed by atoms with Crippen LogP contribution in [0.3, 0.4) is 0 Å². The first-order chi connectivity index (χ1) is 14.9. The molecule has 160 valence electrons. The van der Waals surface area contributed by atoms with Gasteiger partial charge in [-0.25, -0.2) is 4.79 Å². The van der Waals surface area contributed by atoms with Crippen molar-refractivity contribution in [3.05, 3.63) is 82.1 Å². The molecule has 0 bridgehead atoms. The molecule has 1 aromatic heterocycles. The van der Waals surface area contributed by atoms with Gasteiger partial charge in [0.25, 0.3) is 0 Å². The first kappa shape index (κ1) is 21.0. The van der Waals surface area contributed by atoms with Gasteiger partial charge in [-0.1, -0.05) is 41.9 Å². The molecular weight excluding hydrogens is 418 g/mol. The van der Waals surface area contributed by atoms with Crippen molar-refractivity contribution in [1.29, 1.82) is 0 Å². The number of ketones is 1. The van der Waals surface area contributed by atoms with Crippen LogP contribution >= 0.6 is 11.6 Å². The molecule has 0 radical (unpaired) electrons. The summed E-state index contributed by atoms with van der Waals surface area (Å²) in [6, 6.07) is 16.5. The average molecular weight is 440 g/mol. The lowest BCUT2D eigenvalue weighted by Gasteiger charge is -2.24. The molecule has 1 aliphatic rings. The van der Waals surface area contributed by atoms with E-state index < -0.39 is 12.1 Å². The Bertz CT molecular complexity index is 1140. The highest BCUT2D eigenvalue weighted by atomic mass is 35.5. The van der Waals surface area contributed by atoms with Crippen molar-refractivity contribution >= 4 is 23.4 Å². The number of aryl methyl sites for hydroxylation is 1. The zero-order valence-electron chi connectivity index (χ0n) is 17.3. The van der Waals surface area contributed by atoms with Crippen LogP contribution in [-0.4, -0.2) is 35.6 Å². The molecule has 2 aromatic carbocycles. The minimum absolute atomic E-state index is 0.0381. The quantitative estimate of drug-likeness (QED) is 0.421. The van der Waals surface area contributed by atoms with Crippen LogP contribution in [0, 0.1) is 13.8 Å². The average Bonchev–Trinajstić information content (AvgIpc) is 3.06. The fraction of sp³-hybridized carbons (Fsp3) is 0.250. The first-order valence-corrected chi connectivity index (χ1v) is 10.3. The van der Waals surface area contributed by atoms with Crippen LogP contribution in [0.4, 0.5) is 0 Å². The van der Waals surface area contributed by atoms with E-state index in [1.54, 1.807) is 24.3 Å². The van der Waals surface area contributed by atoms with Gasteiger partial charge in [-0.2, -0.15) is 0 Å². The van der Waals surface area contributed by atoms with Crippen LogP contribution in [0.5, 0.6) is 11.5 Å². The number of benzene rings is 2. The third-order valence-corrected chi connectivity index (χ3v) is 5.65. The molecule has 1 unspecified atom stereocenters. The molecule has 0 saturated carbocycles. The van der Waals surface area contributed by atoms with E-state index in [0.29, 0.717) is 28.6 Å². The van der Waals surface area contributed by atoms with Gasteiger partial charge in [-0.3, -0.25) is 4.79 Å². The Morgan fingerprint density at radius 2 is 1.81 bits per heavy atom. The van der Waals surface area contributed by atoms with E-state index in [9.17, 15) is 9.59 Å². The Morgan fingerprint density at radius 1 is 1.10 bits per heavy atom. The van der Waals surface area contributed by atoms with E-state index >= 15 is 0 Å². The van der Waals surface area contributed by atoms with Crippen LogP contribution in [0.15, 0.2) is 54.6 Å². The van der Waals surface area contributed by atoms with E-state index in [0.717, 1.165) is 17.0 Å². The summed E-state index contributed by atoms with van der Waals surface area (Å²) < 4.78 is 18.4. The lowest BCUT2D eigenvalue weighted by atomic mass is 10.1. The summed E-state index contributed by atoms with van der Waals surface area (Å²) in [5.74, 6) is 0.149. The van der Waals surface area contributed by atoms with Gasteiger partial charge in [0.05, 0.1) is 0 Å². The van der Waals surface area contributed by atoms with E-state index in [4.69, 9.17) is 25.8 Å². The number of hydrogen-bond acceptors (Lipinski definition) is 5. The topological polar surface area (TPSA) is 66.8 Å². The number of Topliss-reactive ketones (excluding diaryl/α,β-unsaturated/α-hetero) is 1. The fourth-order valence-corrected chi connectivity index (χ4v) is 3.76. The molecule has 7 heteroatoms. The number of fused-ring (bicyclic) bond motifs is 1. The number of rotatable bonds is 6. The molecule has 0 spiro atoms. The van der Waals surface area contributed by atoms with Gasteiger partial charge in [-0.15, -0.1) is 0 Å². The number of aromatic nitrogens is 1. The lowest BCUT2D eigenvalue weighted by Crippen LogP contribution is -2.38. The molecule has 0 fully saturated rings. The van der Waals surface area contributed by atoms with Gasteiger partial charge in [0.15, 0.2) is 18.1 Å². The number of carbonyl (C=O) groups excluding carboxylic acids is 2. The zero-order chi connectivity index (χ0) is 22.0. The zero-order valence-corrected chi connectivity index (χ0v) is 18.0. The third kappa shape index (κ3) is 4.44. The molecule has 6 nitrogen and oxygen atoms in total. The fourth-order valence-electron chi connectivity index (χ4n) is 3.57. The Balaban J connectivity index is 1.40. The molecule has 2 heterocycles. The third-order valence-electron chi connectivity index (χ3n) is 5.28. The molecule has 3 aromatic rings. The van der Waals surface area contributed by atoms with Gasteiger partial charge in [-0.05, 0) is 43.7 Å². The van der Waals surface area contributed by atoms with Crippen molar-refractivity contribution in [1.82, 2.24) is 4.57 Å². The maximum atomic E-state index is 12.7. The monoisotopic (exact) mass is 439 g/mol. The van der Waals surface area contributed by atoms with Crippen molar-refractivity contribution in [2.45, 2.75) is 26.5 Å². The SMILES string of the molecule is Cc1cc(C(=O)COC(=O)C2COc3ccccc3O2)c(C)n1Cc1ccccc1Cl. The molecule has 0 amide bonds. The smallest absolute Gasteiger partial charge is 0.351 e. The number of nitrogens with zero attached hydrogens (tertiary/aromatic N) is 1. The summed E-state index contributed by atoms with van der Waals surface area (Å²) in [6.45, 7) is 4.02. The number of halogens is 1. The van der Waals surface area contributed by atoms with Gasteiger partial charge in [0.1, 0.15) is 6.61 Å². The summed E-state index contributed by atoms with van der Waals surface area (Å²) in [7, 11) is 0.